The zero-order valence-corrected chi connectivity index (χ0v) is 39.0. The average molecular weight is 819 g/mol. The number of para-hydroxylation sites is 2. The summed E-state index contributed by atoms with van der Waals surface area (Å²) < 4.78 is 2.67. The van der Waals surface area contributed by atoms with E-state index in [0.29, 0.717) is 5.95 Å². The number of hydrogen-bond acceptors (Lipinski definition) is 5. The Bertz CT molecular complexity index is 2840. The van der Waals surface area contributed by atoms with Gasteiger partial charge in [0.05, 0.1) is 11.4 Å². The first kappa shape index (κ1) is 39.9. The molecule has 10 rings (SSSR count). The van der Waals surface area contributed by atoms with Gasteiger partial charge >= 0.3 is 0 Å². The molecule has 2 aliphatic heterocycles. The van der Waals surface area contributed by atoms with Gasteiger partial charge < -0.3 is 0 Å². The Morgan fingerprint density at radius 3 is 1.82 bits per heavy atom. The largest absolute Gasteiger partial charge is 0.294 e. The van der Waals surface area contributed by atoms with E-state index < -0.39 is 5.41 Å². The van der Waals surface area contributed by atoms with Gasteiger partial charge in [0.2, 0.25) is 5.95 Å². The quantitative estimate of drug-likeness (QED) is 0.166. The summed E-state index contributed by atoms with van der Waals surface area (Å²) in [6.45, 7) is 28.4. The lowest BCUT2D eigenvalue weighted by molar-refractivity contribution is 0.332. The maximum Gasteiger partial charge on any atom is 0.264 e. The van der Waals surface area contributed by atoms with Gasteiger partial charge in [0, 0.05) is 37.3 Å². The molecule has 2 aromatic heterocycles. The third-order valence-corrected chi connectivity index (χ3v) is 15.5. The smallest absolute Gasteiger partial charge is 0.264 e. The van der Waals surface area contributed by atoms with Gasteiger partial charge in [0.1, 0.15) is 5.82 Å². The topological polar surface area (TPSA) is 32.3 Å². The van der Waals surface area contributed by atoms with Crippen LogP contribution < -0.4 is 25.5 Å². The summed E-state index contributed by atoms with van der Waals surface area (Å²) in [4.78, 5) is 16.5. The van der Waals surface area contributed by atoms with Gasteiger partial charge in [-0.05, 0) is 116 Å². The third kappa shape index (κ3) is 6.22. The van der Waals surface area contributed by atoms with Crippen molar-refractivity contribution < 1.29 is 0 Å². The van der Waals surface area contributed by atoms with Crippen LogP contribution in [-0.2, 0) is 27.1 Å². The second-order valence-corrected chi connectivity index (χ2v) is 22.9. The lowest BCUT2D eigenvalue weighted by Crippen LogP contribution is -2.64. The maximum atomic E-state index is 5.91. The number of fused-ring (bicyclic) bond motifs is 7. The van der Waals surface area contributed by atoms with Gasteiger partial charge in [-0.25, -0.2) is 4.98 Å². The van der Waals surface area contributed by atoms with Gasteiger partial charge in [-0.15, -0.1) is 11.3 Å². The summed E-state index contributed by atoms with van der Waals surface area (Å²) in [5.41, 5.74) is 14.8. The van der Waals surface area contributed by atoms with E-state index >= 15 is 0 Å². The lowest BCUT2D eigenvalue weighted by atomic mass is 9.33. The molecule has 0 atom stereocenters. The van der Waals surface area contributed by atoms with Crippen LogP contribution in [-0.4, -0.2) is 16.7 Å². The second kappa shape index (κ2) is 13.4. The van der Waals surface area contributed by atoms with Gasteiger partial charge in [-0.3, -0.25) is 9.80 Å². The van der Waals surface area contributed by atoms with Crippen LogP contribution in [0.3, 0.4) is 0 Å². The van der Waals surface area contributed by atoms with Gasteiger partial charge in [-0.2, -0.15) is 4.98 Å². The van der Waals surface area contributed by atoms with Crippen LogP contribution in [0.15, 0.2) is 115 Å². The van der Waals surface area contributed by atoms with Crippen LogP contribution in [0, 0.1) is 0 Å². The molecule has 4 heterocycles. The minimum absolute atomic E-state index is 0.0104. The van der Waals surface area contributed by atoms with Crippen molar-refractivity contribution >= 4 is 78.4 Å². The fraction of sp³-hybridized carbons (Fsp3) is 0.345. The number of nitrogens with zero attached hydrogens (tertiary/aromatic N) is 4. The number of hydrogen-bond donors (Lipinski definition) is 0. The number of anilines is 6. The molecular weight excluding hydrogens is 760 g/mol. The van der Waals surface area contributed by atoms with Crippen LogP contribution in [0.25, 0.3) is 10.1 Å². The molecule has 0 saturated heterocycles. The molecule has 0 bridgehead atoms. The van der Waals surface area contributed by atoms with Crippen LogP contribution in [0.5, 0.6) is 0 Å². The first-order chi connectivity index (χ1) is 28.8. The molecule has 0 saturated carbocycles. The predicted molar refractivity (Wildman–Crippen MR) is 263 cm³/mol. The van der Waals surface area contributed by atoms with Crippen LogP contribution in [0.4, 0.5) is 34.5 Å². The molecule has 0 unspecified atom stereocenters. The van der Waals surface area contributed by atoms with Gasteiger partial charge in [0.25, 0.3) is 6.71 Å². The summed E-state index contributed by atoms with van der Waals surface area (Å²) in [5, 5.41) is 1.29. The molecule has 4 nitrogen and oxygen atoms in total. The van der Waals surface area contributed by atoms with Crippen molar-refractivity contribution in [2.75, 3.05) is 9.80 Å². The Morgan fingerprint density at radius 2 is 1.20 bits per heavy atom. The summed E-state index contributed by atoms with van der Waals surface area (Å²) in [5.74, 6) is 1.65. The van der Waals surface area contributed by atoms with Crippen molar-refractivity contribution in [3.05, 3.63) is 149 Å². The van der Waals surface area contributed by atoms with Crippen LogP contribution in [0.1, 0.15) is 129 Å². The Hall–Kier alpha value is -5.20. The highest BCUT2D eigenvalue weighted by atomic mass is 32.1. The highest BCUT2D eigenvalue weighted by Gasteiger charge is 2.50. The molecule has 3 aliphatic rings. The first-order valence-electron chi connectivity index (χ1n) is 22.3. The minimum Gasteiger partial charge on any atom is -0.294 e. The number of rotatable bonds is 4. The normalized spacial score (nSPS) is 17.0. The highest BCUT2D eigenvalue weighted by Crippen LogP contribution is 2.51. The summed E-state index contributed by atoms with van der Waals surface area (Å²) >= 11 is 1.96. The lowest BCUT2D eigenvalue weighted by Gasteiger charge is -2.45. The highest BCUT2D eigenvalue weighted by molar-refractivity contribution is 7.33. The Labute approximate surface area is 368 Å². The molecule has 61 heavy (non-hydrogen) atoms. The molecule has 0 N–H and O–H groups in total. The Morgan fingerprint density at radius 1 is 0.623 bits per heavy atom. The minimum atomic E-state index is -0.413. The molecule has 0 radical (unpaired) electrons. The van der Waals surface area contributed by atoms with Crippen LogP contribution in [0.2, 0.25) is 0 Å². The number of aromatic nitrogens is 2. The van der Waals surface area contributed by atoms with E-state index in [9.17, 15) is 0 Å². The standard InChI is InChI=1S/C55H59BN4S/c1-51(2,3)34-24-28-44-39(31-34)46-48(61-44)56-43-32-35(52(4,5)6)23-26-41(43)55(11,12)47-45(56)49(60(46)38-25-27-40-42(33-38)54(9,10)30-29-53(40,7)8)58-50(57-47)59(36-19-15-13-16-20-36)37-21-17-14-18-22-37/h13-28,31-33H,29-30H2,1-12H3. The van der Waals surface area contributed by atoms with Gasteiger partial charge in [-0.1, -0.05) is 155 Å². The van der Waals surface area contributed by atoms with Gasteiger partial charge in [0.15, 0.2) is 0 Å². The van der Waals surface area contributed by atoms with Crippen molar-refractivity contribution in [1.29, 1.82) is 0 Å². The van der Waals surface area contributed by atoms with Crippen LogP contribution >= 0.6 is 11.3 Å². The second-order valence-electron chi connectivity index (χ2n) is 21.8. The van der Waals surface area contributed by atoms with E-state index in [1.54, 1.807) is 0 Å². The molecule has 0 amide bonds. The third-order valence-electron chi connectivity index (χ3n) is 14.3. The Balaban J connectivity index is 1.36. The molecule has 0 spiro atoms. The zero-order chi connectivity index (χ0) is 43.0. The molecule has 1 aliphatic carbocycles. The van der Waals surface area contributed by atoms with Crippen molar-refractivity contribution in [2.24, 2.45) is 0 Å². The van der Waals surface area contributed by atoms with Crippen molar-refractivity contribution in [3.63, 3.8) is 0 Å². The fourth-order valence-corrected chi connectivity index (χ4v) is 11.8. The molecule has 308 valence electrons. The SMILES string of the molecule is CC(C)(C)c1ccc2c(c1)B1c3sc4ccc(C(C)(C)C)cc4c3N(c3ccc4c(c3)C(C)(C)CCC4(C)C)c3nc(N(c4ccccc4)c4ccccc4)nc(c31)C2(C)C. The molecular formula is C55H59BN4S. The van der Waals surface area contributed by atoms with E-state index in [0.717, 1.165) is 35.0 Å². The van der Waals surface area contributed by atoms with Crippen molar-refractivity contribution in [3.8, 4) is 0 Å². The van der Waals surface area contributed by atoms with E-state index in [-0.39, 0.29) is 28.4 Å². The van der Waals surface area contributed by atoms with E-state index in [4.69, 9.17) is 9.97 Å². The molecule has 5 aromatic carbocycles. The first-order valence-corrected chi connectivity index (χ1v) is 23.1. The summed E-state index contributed by atoms with van der Waals surface area (Å²) in [6, 6.07) is 43.1. The number of thiophene rings is 1. The van der Waals surface area contributed by atoms with E-state index in [1.165, 1.54) is 65.7 Å². The summed E-state index contributed by atoms with van der Waals surface area (Å²) in [7, 11) is 0. The maximum absolute atomic E-state index is 5.91. The van der Waals surface area contributed by atoms with E-state index in [2.05, 4.69) is 208 Å². The molecule has 6 heteroatoms. The zero-order valence-electron chi connectivity index (χ0n) is 38.2. The van der Waals surface area contributed by atoms with E-state index in [1.807, 2.05) is 11.3 Å². The molecule has 0 fully saturated rings. The van der Waals surface area contributed by atoms with Crippen molar-refractivity contribution in [1.82, 2.24) is 9.97 Å². The molecule has 7 aromatic rings. The van der Waals surface area contributed by atoms with Crippen molar-refractivity contribution in [2.45, 2.75) is 123 Å². The average Bonchev–Trinajstić information content (AvgIpc) is 3.59. The summed E-state index contributed by atoms with van der Waals surface area (Å²) in [6.07, 6.45) is 2.33. The fourth-order valence-electron chi connectivity index (χ4n) is 10.5. The number of benzene rings is 5. The Kier molecular flexibility index (Phi) is 8.77. The predicted octanol–water partition coefficient (Wildman–Crippen LogP) is 13.0. The monoisotopic (exact) mass is 818 g/mol.